The average Bonchev–Trinajstić information content (AvgIpc) is 2.32. The van der Waals surface area contributed by atoms with E-state index in [1.165, 1.54) is 32.1 Å². The van der Waals surface area contributed by atoms with Crippen LogP contribution in [0, 0.1) is 22.7 Å². The summed E-state index contributed by atoms with van der Waals surface area (Å²) in [6, 6.07) is 2.68. The van der Waals surface area contributed by atoms with E-state index in [-0.39, 0.29) is 5.41 Å². The third kappa shape index (κ3) is 2.18. The Kier molecular flexibility index (Phi) is 3.31. The molecule has 2 nitrogen and oxygen atoms in total. The molecule has 0 atom stereocenters. The number of nitrogens with zero attached hydrogens (tertiary/aromatic N) is 2. The van der Waals surface area contributed by atoms with Gasteiger partial charge >= 0.3 is 0 Å². The zero-order chi connectivity index (χ0) is 10.7. The van der Waals surface area contributed by atoms with E-state index in [1.54, 1.807) is 0 Å². The van der Waals surface area contributed by atoms with Gasteiger partial charge in [-0.05, 0) is 51.7 Å². The van der Waals surface area contributed by atoms with E-state index in [1.807, 2.05) is 0 Å². The summed E-state index contributed by atoms with van der Waals surface area (Å²) in [7, 11) is 2.17. The molecule has 1 aliphatic heterocycles. The van der Waals surface area contributed by atoms with Gasteiger partial charge in [0.15, 0.2) is 0 Å². The van der Waals surface area contributed by atoms with Gasteiger partial charge in [-0.25, -0.2) is 0 Å². The maximum atomic E-state index is 9.51. The van der Waals surface area contributed by atoms with E-state index in [4.69, 9.17) is 0 Å². The first-order chi connectivity index (χ1) is 7.27. The lowest BCUT2D eigenvalue weighted by Gasteiger charge is -2.42. The Bertz CT molecular complexity index is 240. The predicted octanol–water partition coefficient (Wildman–Crippen LogP) is 2.80. The van der Waals surface area contributed by atoms with Crippen LogP contribution in [0.2, 0.25) is 0 Å². The van der Waals surface area contributed by atoms with Gasteiger partial charge in [-0.15, -0.1) is 0 Å². The second kappa shape index (κ2) is 4.53. The first-order valence-electron chi connectivity index (χ1n) is 6.37. The maximum absolute atomic E-state index is 9.51. The van der Waals surface area contributed by atoms with E-state index < -0.39 is 0 Å². The lowest BCUT2D eigenvalue weighted by atomic mass is 9.65. The lowest BCUT2D eigenvalue weighted by Crippen LogP contribution is -2.42. The summed E-state index contributed by atoms with van der Waals surface area (Å²) in [5, 5.41) is 9.51. The van der Waals surface area contributed by atoms with Crippen molar-refractivity contribution in [1.29, 1.82) is 5.26 Å². The van der Waals surface area contributed by atoms with Crippen molar-refractivity contribution in [3.8, 4) is 6.07 Å². The molecule has 15 heavy (non-hydrogen) atoms. The molecule has 0 amide bonds. The van der Waals surface area contributed by atoms with Crippen LogP contribution in [0.5, 0.6) is 0 Å². The zero-order valence-corrected chi connectivity index (χ0v) is 9.84. The second-order valence-corrected chi connectivity index (χ2v) is 5.41. The molecule has 0 spiro atoms. The molecule has 84 valence electrons. The van der Waals surface area contributed by atoms with Gasteiger partial charge in [-0.2, -0.15) is 5.26 Å². The molecular weight excluding hydrogens is 184 g/mol. The minimum atomic E-state index is 0.0347. The molecule has 0 aromatic carbocycles. The summed E-state index contributed by atoms with van der Waals surface area (Å²) < 4.78 is 0. The molecule has 0 aromatic heterocycles. The molecular formula is C13H22N2. The number of rotatable bonds is 1. The van der Waals surface area contributed by atoms with Crippen molar-refractivity contribution in [3.63, 3.8) is 0 Å². The second-order valence-electron chi connectivity index (χ2n) is 5.41. The smallest absolute Gasteiger partial charge is 0.0693 e. The largest absolute Gasteiger partial charge is 0.306 e. The summed E-state index contributed by atoms with van der Waals surface area (Å²) in [6.45, 7) is 2.23. The Morgan fingerprint density at radius 1 is 1.13 bits per heavy atom. The number of piperidine rings is 1. The fourth-order valence-electron chi connectivity index (χ4n) is 3.28. The van der Waals surface area contributed by atoms with Gasteiger partial charge in [-0.1, -0.05) is 19.3 Å². The van der Waals surface area contributed by atoms with Crippen LogP contribution in [0.1, 0.15) is 44.9 Å². The van der Waals surface area contributed by atoms with E-state index in [0.29, 0.717) is 5.92 Å². The molecule has 2 heteroatoms. The van der Waals surface area contributed by atoms with Crippen LogP contribution in [-0.2, 0) is 0 Å². The highest BCUT2D eigenvalue weighted by Crippen LogP contribution is 2.44. The van der Waals surface area contributed by atoms with Crippen LogP contribution in [0.25, 0.3) is 0 Å². The van der Waals surface area contributed by atoms with E-state index in [0.717, 1.165) is 25.9 Å². The molecule has 2 rings (SSSR count). The van der Waals surface area contributed by atoms with Gasteiger partial charge < -0.3 is 4.90 Å². The minimum Gasteiger partial charge on any atom is -0.306 e. The quantitative estimate of drug-likeness (QED) is 0.659. The molecule has 2 aliphatic rings. The molecule has 1 aliphatic carbocycles. The van der Waals surface area contributed by atoms with Gasteiger partial charge in [0.1, 0.15) is 0 Å². The van der Waals surface area contributed by atoms with Crippen LogP contribution in [0.15, 0.2) is 0 Å². The van der Waals surface area contributed by atoms with Crippen LogP contribution < -0.4 is 0 Å². The fraction of sp³-hybridized carbons (Fsp3) is 0.923. The van der Waals surface area contributed by atoms with Crippen molar-refractivity contribution < 1.29 is 0 Å². The minimum absolute atomic E-state index is 0.0347. The number of hydrogen-bond acceptors (Lipinski definition) is 2. The summed E-state index contributed by atoms with van der Waals surface area (Å²) in [5.74, 6) is 0.699. The van der Waals surface area contributed by atoms with E-state index in [9.17, 15) is 5.26 Å². The van der Waals surface area contributed by atoms with Crippen LogP contribution in [0.3, 0.4) is 0 Å². The van der Waals surface area contributed by atoms with Crippen molar-refractivity contribution in [2.75, 3.05) is 20.1 Å². The normalized spacial score (nSPS) is 28.5. The molecule has 2 fully saturated rings. The SMILES string of the molecule is CN1CCC(C#N)(C2CCCCC2)CC1. The Hall–Kier alpha value is -0.550. The Balaban J connectivity index is 2.04. The third-order valence-corrected chi connectivity index (χ3v) is 4.49. The molecule has 1 heterocycles. The Morgan fingerprint density at radius 3 is 2.27 bits per heavy atom. The highest BCUT2D eigenvalue weighted by molar-refractivity contribution is 5.05. The molecule has 0 aromatic rings. The molecule has 0 N–H and O–H groups in total. The zero-order valence-electron chi connectivity index (χ0n) is 9.84. The number of likely N-dealkylation sites (tertiary alicyclic amines) is 1. The maximum Gasteiger partial charge on any atom is 0.0693 e. The first kappa shape index (κ1) is 11.0. The predicted molar refractivity (Wildman–Crippen MR) is 61.4 cm³/mol. The van der Waals surface area contributed by atoms with Crippen LogP contribution in [0.4, 0.5) is 0 Å². The molecule has 0 unspecified atom stereocenters. The van der Waals surface area contributed by atoms with Crippen molar-refractivity contribution >= 4 is 0 Å². The van der Waals surface area contributed by atoms with E-state index in [2.05, 4.69) is 18.0 Å². The van der Waals surface area contributed by atoms with Gasteiger partial charge in [0.2, 0.25) is 0 Å². The van der Waals surface area contributed by atoms with Crippen molar-refractivity contribution in [2.24, 2.45) is 11.3 Å². The van der Waals surface area contributed by atoms with Gasteiger partial charge in [0.05, 0.1) is 11.5 Å². The monoisotopic (exact) mass is 206 g/mol. The van der Waals surface area contributed by atoms with E-state index >= 15 is 0 Å². The molecule has 0 radical (unpaired) electrons. The van der Waals surface area contributed by atoms with Gasteiger partial charge in [-0.3, -0.25) is 0 Å². The Labute approximate surface area is 93.3 Å². The van der Waals surface area contributed by atoms with Crippen molar-refractivity contribution in [3.05, 3.63) is 0 Å². The van der Waals surface area contributed by atoms with Crippen LogP contribution >= 0.6 is 0 Å². The molecule has 0 bridgehead atoms. The lowest BCUT2D eigenvalue weighted by molar-refractivity contribution is 0.0875. The first-order valence-corrected chi connectivity index (χ1v) is 6.37. The van der Waals surface area contributed by atoms with Gasteiger partial charge in [0.25, 0.3) is 0 Å². The summed E-state index contributed by atoms with van der Waals surface area (Å²) in [6.07, 6.45) is 8.90. The molecule has 1 saturated carbocycles. The number of hydrogen-bond donors (Lipinski definition) is 0. The summed E-state index contributed by atoms with van der Waals surface area (Å²) >= 11 is 0. The summed E-state index contributed by atoms with van der Waals surface area (Å²) in [5.41, 5.74) is 0.0347. The average molecular weight is 206 g/mol. The summed E-state index contributed by atoms with van der Waals surface area (Å²) in [4.78, 5) is 2.36. The fourth-order valence-corrected chi connectivity index (χ4v) is 3.28. The highest BCUT2D eigenvalue weighted by Gasteiger charge is 2.41. The van der Waals surface area contributed by atoms with Crippen molar-refractivity contribution in [1.82, 2.24) is 4.90 Å². The van der Waals surface area contributed by atoms with Gasteiger partial charge in [0, 0.05) is 0 Å². The third-order valence-electron chi connectivity index (χ3n) is 4.49. The topological polar surface area (TPSA) is 27.0 Å². The van der Waals surface area contributed by atoms with Crippen molar-refractivity contribution in [2.45, 2.75) is 44.9 Å². The standard InChI is InChI=1S/C13H22N2/c1-15-9-7-13(11-14,8-10-15)12-5-3-2-4-6-12/h12H,2-10H2,1H3. The number of nitriles is 1. The Morgan fingerprint density at radius 2 is 1.73 bits per heavy atom. The highest BCUT2D eigenvalue weighted by atomic mass is 15.1. The molecule has 1 saturated heterocycles. The van der Waals surface area contributed by atoms with Crippen LogP contribution in [-0.4, -0.2) is 25.0 Å².